The summed E-state index contributed by atoms with van der Waals surface area (Å²) in [4.78, 5) is 0. The van der Waals surface area contributed by atoms with Crippen molar-refractivity contribution < 1.29 is 13.5 Å². The van der Waals surface area contributed by atoms with Crippen LogP contribution in [0.3, 0.4) is 0 Å². The smallest absolute Gasteiger partial charge is 0.128 e. The number of ether oxygens (including phenoxy) is 1. The van der Waals surface area contributed by atoms with E-state index >= 15 is 0 Å². The van der Waals surface area contributed by atoms with E-state index in [9.17, 15) is 8.78 Å². The van der Waals surface area contributed by atoms with Crippen molar-refractivity contribution in [1.29, 1.82) is 0 Å². The van der Waals surface area contributed by atoms with Crippen LogP contribution in [0.1, 0.15) is 36.3 Å². The lowest BCUT2D eigenvalue weighted by atomic mass is 10.0. The van der Waals surface area contributed by atoms with Crippen LogP contribution in [0.15, 0.2) is 12.1 Å². The lowest BCUT2D eigenvalue weighted by Crippen LogP contribution is -2.16. The Hall–Kier alpha value is -0.670. The first-order valence-electron chi connectivity index (χ1n) is 5.74. The zero-order valence-electron chi connectivity index (χ0n) is 9.84. The van der Waals surface area contributed by atoms with E-state index in [0.717, 1.165) is 12.8 Å². The van der Waals surface area contributed by atoms with Gasteiger partial charge in [-0.3, -0.25) is 0 Å². The SMILES string of the molecule is Cc1cc(F)c(C(Cl)C2CCC(C)O2)cc1F. The highest BCUT2D eigenvalue weighted by molar-refractivity contribution is 6.21. The maximum Gasteiger partial charge on any atom is 0.128 e. The summed E-state index contributed by atoms with van der Waals surface area (Å²) in [6.07, 6.45) is 1.59. The monoisotopic (exact) mass is 260 g/mol. The molecule has 0 bridgehead atoms. The van der Waals surface area contributed by atoms with Crippen LogP contribution in [0.25, 0.3) is 0 Å². The number of hydrogen-bond donors (Lipinski definition) is 0. The van der Waals surface area contributed by atoms with Gasteiger partial charge in [0.2, 0.25) is 0 Å². The van der Waals surface area contributed by atoms with Gasteiger partial charge in [0.15, 0.2) is 0 Å². The molecular weight excluding hydrogens is 246 g/mol. The molecular formula is C13H15ClF2O. The summed E-state index contributed by atoms with van der Waals surface area (Å²) in [5.74, 6) is -0.898. The largest absolute Gasteiger partial charge is 0.373 e. The molecule has 2 rings (SSSR count). The minimum absolute atomic E-state index is 0.139. The van der Waals surface area contributed by atoms with Gasteiger partial charge >= 0.3 is 0 Å². The Balaban J connectivity index is 2.24. The van der Waals surface area contributed by atoms with Crippen molar-refractivity contribution in [3.63, 3.8) is 0 Å². The van der Waals surface area contributed by atoms with Crippen LogP contribution in [-0.4, -0.2) is 12.2 Å². The van der Waals surface area contributed by atoms with Crippen LogP contribution < -0.4 is 0 Å². The predicted octanol–water partition coefficient (Wildman–Crippen LogP) is 4.12. The summed E-state index contributed by atoms with van der Waals surface area (Å²) in [6, 6.07) is 2.35. The Bertz CT molecular complexity index is 422. The maximum atomic E-state index is 13.7. The highest BCUT2D eigenvalue weighted by Gasteiger charge is 2.31. The van der Waals surface area contributed by atoms with Crippen LogP contribution in [0, 0.1) is 18.6 Å². The molecule has 3 unspecified atom stereocenters. The second-order valence-corrected chi connectivity index (χ2v) is 5.06. The second kappa shape index (κ2) is 4.91. The molecule has 1 heterocycles. The van der Waals surface area contributed by atoms with E-state index in [2.05, 4.69) is 0 Å². The molecule has 0 N–H and O–H groups in total. The first kappa shape index (κ1) is 12.8. The predicted molar refractivity (Wildman–Crippen MR) is 63.3 cm³/mol. The molecule has 1 aromatic rings. The van der Waals surface area contributed by atoms with Crippen LogP contribution in [0.4, 0.5) is 8.78 Å². The molecule has 1 aliphatic rings. The van der Waals surface area contributed by atoms with Crippen molar-refractivity contribution in [2.45, 2.75) is 44.3 Å². The minimum atomic E-state index is -0.630. The molecule has 4 heteroatoms. The highest BCUT2D eigenvalue weighted by atomic mass is 35.5. The number of aryl methyl sites for hydroxylation is 1. The van der Waals surface area contributed by atoms with Crippen molar-refractivity contribution in [1.82, 2.24) is 0 Å². The Labute approximate surface area is 105 Å². The van der Waals surface area contributed by atoms with Crippen LogP contribution in [0.2, 0.25) is 0 Å². The Morgan fingerprint density at radius 2 is 2.00 bits per heavy atom. The summed E-state index contributed by atoms with van der Waals surface area (Å²) >= 11 is 6.18. The van der Waals surface area contributed by atoms with Gasteiger partial charge in [-0.15, -0.1) is 11.6 Å². The average Bonchev–Trinajstić information content (AvgIpc) is 2.69. The van der Waals surface area contributed by atoms with Gasteiger partial charge in [-0.05, 0) is 44.4 Å². The van der Waals surface area contributed by atoms with Gasteiger partial charge in [0.1, 0.15) is 11.6 Å². The first-order chi connectivity index (χ1) is 7.99. The fourth-order valence-electron chi connectivity index (χ4n) is 2.12. The Morgan fingerprint density at radius 1 is 1.29 bits per heavy atom. The highest BCUT2D eigenvalue weighted by Crippen LogP contribution is 2.36. The topological polar surface area (TPSA) is 9.23 Å². The maximum absolute atomic E-state index is 13.7. The molecule has 0 saturated carbocycles. The summed E-state index contributed by atoms with van der Waals surface area (Å²) in [5, 5.41) is -0.630. The van der Waals surface area contributed by atoms with Gasteiger partial charge in [-0.1, -0.05) is 0 Å². The summed E-state index contributed by atoms with van der Waals surface area (Å²) in [5.41, 5.74) is 0.477. The molecule has 1 fully saturated rings. The van der Waals surface area contributed by atoms with Crippen LogP contribution in [-0.2, 0) is 4.74 Å². The number of benzene rings is 1. The third kappa shape index (κ3) is 2.61. The summed E-state index contributed by atoms with van der Waals surface area (Å²) < 4.78 is 32.7. The first-order valence-corrected chi connectivity index (χ1v) is 6.17. The van der Waals surface area contributed by atoms with E-state index in [-0.39, 0.29) is 23.3 Å². The lowest BCUT2D eigenvalue weighted by Gasteiger charge is -2.19. The molecule has 1 aromatic carbocycles. The van der Waals surface area contributed by atoms with E-state index in [1.165, 1.54) is 19.1 Å². The molecule has 0 amide bonds. The van der Waals surface area contributed by atoms with Crippen molar-refractivity contribution in [2.24, 2.45) is 0 Å². The summed E-state index contributed by atoms with van der Waals surface area (Å²) in [7, 11) is 0. The normalized spacial score (nSPS) is 26.2. The molecule has 1 saturated heterocycles. The molecule has 1 nitrogen and oxygen atoms in total. The Morgan fingerprint density at radius 3 is 2.59 bits per heavy atom. The molecule has 1 aliphatic heterocycles. The lowest BCUT2D eigenvalue weighted by molar-refractivity contribution is 0.0527. The van der Waals surface area contributed by atoms with Crippen molar-refractivity contribution in [3.8, 4) is 0 Å². The van der Waals surface area contributed by atoms with Crippen LogP contribution in [0.5, 0.6) is 0 Å². The van der Waals surface area contributed by atoms with E-state index in [0.29, 0.717) is 0 Å². The van der Waals surface area contributed by atoms with Crippen molar-refractivity contribution in [3.05, 3.63) is 34.9 Å². The molecule has 0 spiro atoms. The van der Waals surface area contributed by atoms with Crippen molar-refractivity contribution >= 4 is 11.6 Å². The third-order valence-electron chi connectivity index (χ3n) is 3.17. The molecule has 0 aliphatic carbocycles. The average molecular weight is 261 g/mol. The van der Waals surface area contributed by atoms with E-state index < -0.39 is 17.0 Å². The van der Waals surface area contributed by atoms with Gasteiger partial charge in [0.25, 0.3) is 0 Å². The van der Waals surface area contributed by atoms with Crippen LogP contribution >= 0.6 is 11.6 Å². The standard InChI is InChI=1S/C13H15ClF2O/c1-7-5-11(16)9(6-10(7)15)13(14)12-4-3-8(2)17-12/h5-6,8,12-13H,3-4H2,1-2H3. The molecule has 94 valence electrons. The second-order valence-electron chi connectivity index (χ2n) is 4.59. The molecule has 3 atom stereocenters. The van der Waals surface area contributed by atoms with Gasteiger partial charge in [-0.2, -0.15) is 0 Å². The summed E-state index contributed by atoms with van der Waals surface area (Å²) in [6.45, 7) is 3.48. The van der Waals surface area contributed by atoms with E-state index in [1.54, 1.807) is 0 Å². The van der Waals surface area contributed by atoms with Gasteiger partial charge in [0.05, 0.1) is 17.6 Å². The fraction of sp³-hybridized carbons (Fsp3) is 0.538. The van der Waals surface area contributed by atoms with Gasteiger partial charge in [0, 0.05) is 5.56 Å². The van der Waals surface area contributed by atoms with Crippen molar-refractivity contribution in [2.75, 3.05) is 0 Å². The molecule has 0 aromatic heterocycles. The van der Waals surface area contributed by atoms with E-state index in [1.807, 2.05) is 6.92 Å². The molecule has 0 radical (unpaired) electrons. The third-order valence-corrected chi connectivity index (χ3v) is 3.68. The number of hydrogen-bond acceptors (Lipinski definition) is 1. The minimum Gasteiger partial charge on any atom is -0.373 e. The fourth-order valence-corrected chi connectivity index (χ4v) is 2.47. The number of halogens is 3. The number of alkyl halides is 1. The zero-order chi connectivity index (χ0) is 12.6. The van der Waals surface area contributed by atoms with E-state index in [4.69, 9.17) is 16.3 Å². The Kier molecular flexibility index (Phi) is 3.69. The zero-order valence-corrected chi connectivity index (χ0v) is 10.6. The number of rotatable bonds is 2. The quantitative estimate of drug-likeness (QED) is 0.727. The van der Waals surface area contributed by atoms with Gasteiger partial charge < -0.3 is 4.74 Å². The molecule has 17 heavy (non-hydrogen) atoms. The van der Waals surface area contributed by atoms with Gasteiger partial charge in [-0.25, -0.2) is 8.78 Å².